The van der Waals surface area contributed by atoms with E-state index in [-0.39, 0.29) is 0 Å². The van der Waals surface area contributed by atoms with Crippen LogP contribution in [-0.4, -0.2) is 21.6 Å². The standard InChI is InChI=1S/C23H21N3O/c1-15-5-3-4-6-18(15)20-10-11-22-25-19-9-7-16(13-21(19)26(20)22)17-8-12-23(27-2)24-14-17/h3-9,12-14,20H,10-11H2,1-2H3. The zero-order valence-corrected chi connectivity index (χ0v) is 15.5. The van der Waals surface area contributed by atoms with Crippen LogP contribution in [0.1, 0.15) is 29.4 Å². The lowest BCUT2D eigenvalue weighted by molar-refractivity contribution is 0.398. The summed E-state index contributed by atoms with van der Waals surface area (Å²) in [6, 6.07) is 19.5. The molecule has 0 spiro atoms. The van der Waals surface area contributed by atoms with E-state index in [4.69, 9.17) is 9.72 Å². The van der Waals surface area contributed by atoms with Gasteiger partial charge in [-0.2, -0.15) is 0 Å². The summed E-state index contributed by atoms with van der Waals surface area (Å²) in [5.41, 5.74) is 7.23. The SMILES string of the molecule is COc1ccc(-c2ccc3nc4n(c3c2)C(c2ccccc2C)CC4)cn1. The Morgan fingerprint density at radius 3 is 2.67 bits per heavy atom. The van der Waals surface area contributed by atoms with Crippen LogP contribution in [0.15, 0.2) is 60.8 Å². The van der Waals surface area contributed by atoms with Crippen molar-refractivity contribution in [3.8, 4) is 17.0 Å². The normalized spacial score (nSPS) is 15.9. The largest absolute Gasteiger partial charge is 0.481 e. The van der Waals surface area contributed by atoms with Crippen molar-refractivity contribution >= 4 is 11.0 Å². The predicted octanol–water partition coefficient (Wildman–Crippen LogP) is 4.95. The van der Waals surface area contributed by atoms with Crippen molar-refractivity contribution in [1.29, 1.82) is 0 Å². The topological polar surface area (TPSA) is 39.9 Å². The second-order valence-corrected chi connectivity index (χ2v) is 7.10. The number of methoxy groups -OCH3 is 1. The summed E-state index contributed by atoms with van der Waals surface area (Å²) in [7, 11) is 1.63. The van der Waals surface area contributed by atoms with E-state index in [1.54, 1.807) is 7.11 Å². The van der Waals surface area contributed by atoms with Crippen LogP contribution >= 0.6 is 0 Å². The molecule has 0 saturated heterocycles. The molecule has 3 heterocycles. The maximum atomic E-state index is 5.17. The van der Waals surface area contributed by atoms with E-state index in [9.17, 15) is 0 Å². The molecule has 1 aliphatic heterocycles. The van der Waals surface area contributed by atoms with Gasteiger partial charge in [-0.05, 0) is 48.2 Å². The van der Waals surface area contributed by atoms with Crippen LogP contribution < -0.4 is 4.74 Å². The lowest BCUT2D eigenvalue weighted by Gasteiger charge is -2.17. The van der Waals surface area contributed by atoms with E-state index in [2.05, 4.69) is 58.9 Å². The fourth-order valence-corrected chi connectivity index (χ4v) is 4.17. The predicted molar refractivity (Wildman–Crippen MR) is 107 cm³/mol. The fraction of sp³-hybridized carbons (Fsp3) is 0.217. The van der Waals surface area contributed by atoms with Crippen molar-refractivity contribution in [1.82, 2.24) is 14.5 Å². The minimum absolute atomic E-state index is 0.357. The van der Waals surface area contributed by atoms with Crippen LogP contribution in [0.25, 0.3) is 22.2 Å². The van der Waals surface area contributed by atoms with Gasteiger partial charge in [-0.15, -0.1) is 0 Å². The van der Waals surface area contributed by atoms with Crippen molar-refractivity contribution in [2.45, 2.75) is 25.8 Å². The van der Waals surface area contributed by atoms with E-state index >= 15 is 0 Å². The number of imidazole rings is 1. The number of ether oxygens (including phenoxy) is 1. The highest BCUT2D eigenvalue weighted by Gasteiger charge is 2.28. The summed E-state index contributed by atoms with van der Waals surface area (Å²) in [4.78, 5) is 9.23. The van der Waals surface area contributed by atoms with Crippen LogP contribution in [0.4, 0.5) is 0 Å². The van der Waals surface area contributed by atoms with Gasteiger partial charge in [-0.3, -0.25) is 0 Å². The van der Waals surface area contributed by atoms with Crippen LogP contribution in [0.2, 0.25) is 0 Å². The average Bonchev–Trinajstić information content (AvgIpc) is 3.27. The number of hydrogen-bond acceptors (Lipinski definition) is 3. The molecule has 5 rings (SSSR count). The quantitative estimate of drug-likeness (QED) is 0.522. The van der Waals surface area contributed by atoms with Gasteiger partial charge in [0.1, 0.15) is 5.82 Å². The summed E-state index contributed by atoms with van der Waals surface area (Å²) in [6.45, 7) is 2.20. The Bertz CT molecular complexity index is 1130. The molecule has 0 bridgehead atoms. The number of rotatable bonds is 3. The molecule has 4 heteroatoms. The molecule has 0 saturated carbocycles. The molecule has 0 N–H and O–H groups in total. The van der Waals surface area contributed by atoms with Crippen LogP contribution in [0, 0.1) is 6.92 Å². The Hall–Kier alpha value is -3.14. The molecule has 1 aliphatic rings. The molecule has 2 aromatic carbocycles. The third kappa shape index (κ3) is 2.60. The van der Waals surface area contributed by atoms with Crippen molar-refractivity contribution in [3.63, 3.8) is 0 Å². The van der Waals surface area contributed by atoms with Crippen molar-refractivity contribution < 1.29 is 4.74 Å². The minimum Gasteiger partial charge on any atom is -0.481 e. The summed E-state index contributed by atoms with van der Waals surface area (Å²) in [5, 5.41) is 0. The average molecular weight is 355 g/mol. The fourth-order valence-electron chi connectivity index (χ4n) is 4.17. The smallest absolute Gasteiger partial charge is 0.212 e. The molecule has 4 aromatic rings. The Balaban J connectivity index is 1.63. The lowest BCUT2D eigenvalue weighted by atomic mass is 9.99. The van der Waals surface area contributed by atoms with E-state index in [0.717, 1.165) is 29.5 Å². The van der Waals surface area contributed by atoms with E-state index < -0.39 is 0 Å². The zero-order valence-electron chi connectivity index (χ0n) is 15.5. The van der Waals surface area contributed by atoms with Crippen LogP contribution in [0.5, 0.6) is 5.88 Å². The van der Waals surface area contributed by atoms with Gasteiger partial charge >= 0.3 is 0 Å². The Morgan fingerprint density at radius 2 is 1.89 bits per heavy atom. The molecule has 2 aromatic heterocycles. The molecule has 134 valence electrons. The first-order chi connectivity index (χ1) is 13.2. The number of aromatic nitrogens is 3. The van der Waals surface area contributed by atoms with Gasteiger partial charge in [-0.25, -0.2) is 9.97 Å². The molecule has 0 aliphatic carbocycles. The highest BCUT2D eigenvalue weighted by Crippen LogP contribution is 2.37. The van der Waals surface area contributed by atoms with Gasteiger partial charge < -0.3 is 9.30 Å². The third-order valence-electron chi connectivity index (χ3n) is 5.54. The summed E-state index contributed by atoms with van der Waals surface area (Å²) >= 11 is 0. The van der Waals surface area contributed by atoms with E-state index in [1.807, 2.05) is 18.3 Å². The molecule has 1 atom stereocenters. The number of nitrogens with zero attached hydrogens (tertiary/aromatic N) is 3. The number of fused-ring (bicyclic) bond motifs is 3. The number of benzene rings is 2. The first-order valence-electron chi connectivity index (χ1n) is 9.31. The summed E-state index contributed by atoms with van der Waals surface area (Å²) in [6.07, 6.45) is 3.99. The number of aryl methyl sites for hydroxylation is 2. The maximum absolute atomic E-state index is 5.17. The van der Waals surface area contributed by atoms with E-state index in [0.29, 0.717) is 11.9 Å². The molecule has 1 unspecified atom stereocenters. The second-order valence-electron chi connectivity index (χ2n) is 7.10. The van der Waals surface area contributed by atoms with Crippen LogP contribution in [0.3, 0.4) is 0 Å². The molecule has 0 fully saturated rings. The molecule has 4 nitrogen and oxygen atoms in total. The summed E-state index contributed by atoms with van der Waals surface area (Å²) in [5.74, 6) is 1.81. The summed E-state index contributed by atoms with van der Waals surface area (Å²) < 4.78 is 7.60. The first kappa shape index (κ1) is 16.1. The monoisotopic (exact) mass is 355 g/mol. The van der Waals surface area contributed by atoms with Crippen molar-refractivity contribution in [3.05, 3.63) is 77.7 Å². The Kier molecular flexibility index (Phi) is 3.71. The number of hydrogen-bond donors (Lipinski definition) is 0. The zero-order chi connectivity index (χ0) is 18.4. The second kappa shape index (κ2) is 6.23. The Labute approximate surface area is 158 Å². The molecule has 0 radical (unpaired) electrons. The molecular formula is C23H21N3O. The maximum Gasteiger partial charge on any atom is 0.212 e. The minimum atomic E-state index is 0.357. The van der Waals surface area contributed by atoms with Gasteiger partial charge in [-0.1, -0.05) is 30.3 Å². The van der Waals surface area contributed by atoms with Crippen molar-refractivity contribution in [2.75, 3.05) is 7.11 Å². The van der Waals surface area contributed by atoms with Gasteiger partial charge in [0, 0.05) is 24.2 Å². The highest BCUT2D eigenvalue weighted by molar-refractivity contribution is 5.83. The van der Waals surface area contributed by atoms with Crippen molar-refractivity contribution in [2.24, 2.45) is 0 Å². The Morgan fingerprint density at radius 1 is 1.04 bits per heavy atom. The third-order valence-corrected chi connectivity index (χ3v) is 5.54. The van der Waals surface area contributed by atoms with Crippen LogP contribution in [-0.2, 0) is 6.42 Å². The van der Waals surface area contributed by atoms with E-state index in [1.165, 1.54) is 22.5 Å². The first-order valence-corrected chi connectivity index (χ1v) is 9.31. The molecule has 0 amide bonds. The molecular weight excluding hydrogens is 334 g/mol. The molecule has 27 heavy (non-hydrogen) atoms. The van der Waals surface area contributed by atoms with Gasteiger partial charge in [0.15, 0.2) is 0 Å². The van der Waals surface area contributed by atoms with Gasteiger partial charge in [0.05, 0.1) is 24.2 Å². The highest BCUT2D eigenvalue weighted by atomic mass is 16.5. The van der Waals surface area contributed by atoms with Gasteiger partial charge in [0.2, 0.25) is 5.88 Å². The lowest BCUT2D eigenvalue weighted by Crippen LogP contribution is -2.07. The number of pyridine rings is 1. The van der Waals surface area contributed by atoms with Gasteiger partial charge in [0.25, 0.3) is 0 Å².